The number of aliphatic carboxylic acids is 1. The fourth-order valence-electron chi connectivity index (χ4n) is 1.47. The van der Waals surface area contributed by atoms with Gasteiger partial charge in [-0.05, 0) is 35.0 Å². The van der Waals surface area contributed by atoms with Crippen molar-refractivity contribution in [1.82, 2.24) is 0 Å². The number of nitrogens with one attached hydrogen (secondary N) is 1. The first kappa shape index (κ1) is 12.5. The van der Waals surface area contributed by atoms with Gasteiger partial charge >= 0.3 is 5.97 Å². The molecule has 94 valence electrons. The van der Waals surface area contributed by atoms with Crippen LogP contribution in [-0.4, -0.2) is 30.2 Å². The third-order valence-electron chi connectivity index (χ3n) is 2.19. The molecule has 0 aliphatic rings. The van der Waals surface area contributed by atoms with Crippen LogP contribution in [-0.2, 0) is 14.3 Å². The van der Waals surface area contributed by atoms with Gasteiger partial charge in [0.2, 0.25) is 5.91 Å². The number of thiophene rings is 1. The van der Waals surface area contributed by atoms with Crippen LogP contribution in [0.25, 0.3) is 10.1 Å². The fourth-order valence-corrected chi connectivity index (χ4v) is 2.24. The van der Waals surface area contributed by atoms with Gasteiger partial charge in [-0.3, -0.25) is 4.79 Å². The Kier molecular flexibility index (Phi) is 3.91. The van der Waals surface area contributed by atoms with Crippen molar-refractivity contribution in [2.24, 2.45) is 0 Å². The van der Waals surface area contributed by atoms with E-state index in [1.54, 1.807) is 17.4 Å². The van der Waals surface area contributed by atoms with Gasteiger partial charge in [0, 0.05) is 10.4 Å². The van der Waals surface area contributed by atoms with E-state index in [-0.39, 0.29) is 12.5 Å². The third kappa shape index (κ3) is 3.28. The Morgan fingerprint density at radius 3 is 2.89 bits per heavy atom. The number of hydrogen-bond donors (Lipinski definition) is 2. The van der Waals surface area contributed by atoms with E-state index in [4.69, 9.17) is 9.84 Å². The number of carboxylic acids is 1. The number of carbonyl (C=O) groups excluding carboxylic acids is 1. The molecule has 0 spiro atoms. The summed E-state index contributed by atoms with van der Waals surface area (Å²) in [5.41, 5.74) is 0.671. The van der Waals surface area contributed by atoms with Crippen molar-refractivity contribution in [3.8, 4) is 0 Å². The Labute approximate surface area is 107 Å². The lowest BCUT2D eigenvalue weighted by molar-refractivity contribution is -0.143. The normalized spacial score (nSPS) is 10.4. The first-order valence-electron chi connectivity index (χ1n) is 5.22. The predicted molar refractivity (Wildman–Crippen MR) is 68.9 cm³/mol. The van der Waals surface area contributed by atoms with Crippen molar-refractivity contribution in [2.45, 2.75) is 0 Å². The van der Waals surface area contributed by atoms with Gasteiger partial charge in [-0.2, -0.15) is 0 Å². The Morgan fingerprint density at radius 2 is 2.11 bits per heavy atom. The van der Waals surface area contributed by atoms with E-state index in [0.717, 1.165) is 10.1 Å². The summed E-state index contributed by atoms with van der Waals surface area (Å²) in [6.07, 6.45) is 0. The zero-order chi connectivity index (χ0) is 13.0. The average Bonchev–Trinajstić information content (AvgIpc) is 2.75. The molecular formula is C12H11NO4S. The molecule has 0 aliphatic carbocycles. The number of ether oxygens (including phenoxy) is 1. The number of benzene rings is 1. The lowest BCUT2D eigenvalue weighted by atomic mass is 10.2. The van der Waals surface area contributed by atoms with E-state index in [9.17, 15) is 9.59 Å². The molecular weight excluding hydrogens is 254 g/mol. The van der Waals surface area contributed by atoms with Gasteiger partial charge in [0.05, 0.1) is 0 Å². The molecule has 0 saturated carbocycles. The van der Waals surface area contributed by atoms with Crippen LogP contribution in [0.1, 0.15) is 0 Å². The highest BCUT2D eigenvalue weighted by atomic mass is 32.1. The molecule has 0 bridgehead atoms. The van der Waals surface area contributed by atoms with Crippen molar-refractivity contribution < 1.29 is 19.4 Å². The second kappa shape index (κ2) is 5.61. The third-order valence-corrected chi connectivity index (χ3v) is 3.09. The Morgan fingerprint density at radius 1 is 1.28 bits per heavy atom. The number of hydrogen-bond acceptors (Lipinski definition) is 4. The Bertz CT molecular complexity index is 578. The van der Waals surface area contributed by atoms with Gasteiger partial charge in [0.1, 0.15) is 13.2 Å². The van der Waals surface area contributed by atoms with E-state index in [2.05, 4.69) is 5.32 Å². The maximum absolute atomic E-state index is 11.4. The standard InChI is InChI=1S/C12H11NO4S/c14-11(6-17-7-12(15)16)13-9-1-2-10-8(5-9)3-4-18-10/h1-5H,6-7H2,(H,13,14)(H,15,16). The highest BCUT2D eigenvalue weighted by Crippen LogP contribution is 2.23. The minimum Gasteiger partial charge on any atom is -0.480 e. The van der Waals surface area contributed by atoms with Crippen LogP contribution in [0.4, 0.5) is 5.69 Å². The van der Waals surface area contributed by atoms with Crippen molar-refractivity contribution >= 4 is 39.0 Å². The molecule has 6 heteroatoms. The SMILES string of the molecule is O=C(O)COCC(=O)Nc1ccc2sccc2c1. The number of carbonyl (C=O) groups is 2. The number of fused-ring (bicyclic) bond motifs is 1. The van der Waals surface area contributed by atoms with Gasteiger partial charge in [0.25, 0.3) is 0 Å². The molecule has 2 N–H and O–H groups in total. The van der Waals surface area contributed by atoms with Crippen molar-refractivity contribution in [1.29, 1.82) is 0 Å². The summed E-state index contributed by atoms with van der Waals surface area (Å²) >= 11 is 1.63. The molecule has 0 unspecified atom stereocenters. The second-order valence-electron chi connectivity index (χ2n) is 3.61. The molecule has 1 amide bonds. The van der Waals surface area contributed by atoms with Crippen molar-refractivity contribution in [3.05, 3.63) is 29.6 Å². The molecule has 0 aliphatic heterocycles. The maximum Gasteiger partial charge on any atom is 0.329 e. The first-order chi connectivity index (χ1) is 8.65. The highest BCUT2D eigenvalue weighted by molar-refractivity contribution is 7.17. The monoisotopic (exact) mass is 265 g/mol. The molecule has 1 heterocycles. The molecule has 0 saturated heterocycles. The molecule has 0 radical (unpaired) electrons. The van der Waals surface area contributed by atoms with Gasteiger partial charge in [-0.15, -0.1) is 11.3 Å². The van der Waals surface area contributed by atoms with Gasteiger partial charge in [-0.25, -0.2) is 4.79 Å². The minimum absolute atomic E-state index is 0.270. The Balaban J connectivity index is 1.91. The lowest BCUT2D eigenvalue weighted by Crippen LogP contribution is -2.20. The summed E-state index contributed by atoms with van der Waals surface area (Å²) in [6, 6.07) is 7.55. The lowest BCUT2D eigenvalue weighted by Gasteiger charge is -2.05. The predicted octanol–water partition coefficient (Wildman–Crippen LogP) is 1.94. The second-order valence-corrected chi connectivity index (χ2v) is 4.56. The maximum atomic E-state index is 11.4. The topological polar surface area (TPSA) is 75.6 Å². The molecule has 2 rings (SSSR count). The van der Waals surface area contributed by atoms with Crippen LogP contribution in [0.2, 0.25) is 0 Å². The Hall–Kier alpha value is -1.92. The summed E-state index contributed by atoms with van der Waals surface area (Å²) in [5, 5.41) is 14.0. The molecule has 1 aromatic carbocycles. The van der Waals surface area contributed by atoms with Crippen molar-refractivity contribution in [3.63, 3.8) is 0 Å². The van der Waals surface area contributed by atoms with Crippen LogP contribution in [0.5, 0.6) is 0 Å². The zero-order valence-electron chi connectivity index (χ0n) is 9.38. The minimum atomic E-state index is -1.09. The van der Waals surface area contributed by atoms with Crippen LogP contribution >= 0.6 is 11.3 Å². The average molecular weight is 265 g/mol. The number of anilines is 1. The zero-order valence-corrected chi connectivity index (χ0v) is 10.2. The van der Waals surface area contributed by atoms with E-state index in [1.807, 2.05) is 23.6 Å². The van der Waals surface area contributed by atoms with Crippen LogP contribution < -0.4 is 5.32 Å². The quantitative estimate of drug-likeness (QED) is 0.866. The summed E-state index contributed by atoms with van der Waals surface area (Å²) in [7, 11) is 0. The van der Waals surface area contributed by atoms with Gasteiger partial charge in [-0.1, -0.05) is 0 Å². The largest absolute Gasteiger partial charge is 0.480 e. The highest BCUT2D eigenvalue weighted by Gasteiger charge is 2.05. The van der Waals surface area contributed by atoms with Crippen LogP contribution in [0, 0.1) is 0 Å². The molecule has 18 heavy (non-hydrogen) atoms. The summed E-state index contributed by atoms with van der Waals surface area (Å²) in [5.74, 6) is -1.46. The van der Waals surface area contributed by atoms with Crippen LogP contribution in [0.15, 0.2) is 29.6 Å². The number of rotatable bonds is 5. The summed E-state index contributed by atoms with van der Waals surface area (Å²) in [4.78, 5) is 21.6. The van der Waals surface area contributed by atoms with E-state index in [0.29, 0.717) is 5.69 Å². The van der Waals surface area contributed by atoms with Crippen molar-refractivity contribution in [2.75, 3.05) is 18.5 Å². The summed E-state index contributed by atoms with van der Waals surface area (Å²) < 4.78 is 5.84. The van der Waals surface area contributed by atoms with Gasteiger partial charge < -0.3 is 15.2 Å². The van der Waals surface area contributed by atoms with Crippen LogP contribution in [0.3, 0.4) is 0 Å². The van der Waals surface area contributed by atoms with E-state index in [1.165, 1.54) is 0 Å². The molecule has 2 aromatic rings. The van der Waals surface area contributed by atoms with E-state index >= 15 is 0 Å². The van der Waals surface area contributed by atoms with Gasteiger partial charge in [0.15, 0.2) is 0 Å². The molecule has 1 aromatic heterocycles. The van der Waals surface area contributed by atoms with E-state index < -0.39 is 12.6 Å². The molecule has 0 fully saturated rings. The molecule has 0 atom stereocenters. The fraction of sp³-hybridized carbons (Fsp3) is 0.167. The molecule has 5 nitrogen and oxygen atoms in total. The first-order valence-corrected chi connectivity index (χ1v) is 6.10. The summed E-state index contributed by atoms with van der Waals surface area (Å²) in [6.45, 7) is -0.745. The number of carboxylic acid groups (broad SMARTS) is 1. The number of amides is 1. The smallest absolute Gasteiger partial charge is 0.329 e.